The van der Waals surface area contributed by atoms with Gasteiger partial charge in [0.25, 0.3) is 5.91 Å². The quantitative estimate of drug-likeness (QED) is 0.330. The van der Waals surface area contributed by atoms with Gasteiger partial charge in [-0.1, -0.05) is 5.16 Å². The molecule has 2 N–H and O–H groups in total. The fraction of sp³-hybridized carbons (Fsp3) is 0.630. The van der Waals surface area contributed by atoms with Crippen molar-refractivity contribution in [1.29, 1.82) is 0 Å². The van der Waals surface area contributed by atoms with Crippen LogP contribution in [-0.4, -0.2) is 61.8 Å². The molecule has 0 saturated heterocycles. The van der Waals surface area contributed by atoms with Crippen molar-refractivity contribution in [2.75, 3.05) is 7.11 Å². The van der Waals surface area contributed by atoms with E-state index in [-0.39, 0.29) is 74.1 Å². The van der Waals surface area contributed by atoms with Crippen molar-refractivity contribution in [3.8, 4) is 0 Å². The molecule has 11 nitrogen and oxygen atoms in total. The van der Waals surface area contributed by atoms with E-state index in [1.54, 1.807) is 26.1 Å². The van der Waals surface area contributed by atoms with Gasteiger partial charge < -0.3 is 15.4 Å². The number of aryl methyl sites for hydroxylation is 1. The van der Waals surface area contributed by atoms with Gasteiger partial charge in [0.1, 0.15) is 5.69 Å². The second-order valence-corrected chi connectivity index (χ2v) is 11.4. The smallest absolute Gasteiger partial charge is 0.276 e. The average molecular weight is 596 g/mol. The summed E-state index contributed by atoms with van der Waals surface area (Å²) in [6.45, 7) is 3.32. The van der Waals surface area contributed by atoms with Crippen molar-refractivity contribution in [3.63, 3.8) is 0 Å². The van der Waals surface area contributed by atoms with Crippen LogP contribution in [0.15, 0.2) is 23.1 Å². The number of imidazole rings is 1. The Labute approximate surface area is 238 Å². The molecule has 0 spiro atoms. The fourth-order valence-electron chi connectivity index (χ4n) is 5.74. The normalized spacial score (nSPS) is 20.9. The number of carbonyl (C=O) groups excluding carboxylic acids is 2. The van der Waals surface area contributed by atoms with Gasteiger partial charge in [-0.3, -0.25) is 9.59 Å². The maximum absolute atomic E-state index is 14.0. The number of alkyl halides is 4. The van der Waals surface area contributed by atoms with Crippen LogP contribution in [0.3, 0.4) is 0 Å². The fourth-order valence-corrected chi connectivity index (χ4v) is 5.74. The predicted molar refractivity (Wildman–Crippen MR) is 139 cm³/mol. The van der Waals surface area contributed by atoms with Crippen molar-refractivity contribution in [2.24, 2.45) is 11.8 Å². The summed E-state index contributed by atoms with van der Waals surface area (Å²) in [6.07, 6.45) is 1.78. The molecule has 3 atom stereocenters. The maximum Gasteiger partial charge on any atom is 0.276 e. The molecule has 2 fully saturated rings. The number of halogens is 4. The predicted octanol–water partition coefficient (Wildman–Crippen LogP) is 4.34. The van der Waals surface area contributed by atoms with Crippen LogP contribution in [0.4, 0.5) is 17.6 Å². The molecule has 2 aliphatic carbocycles. The molecule has 0 unspecified atom stereocenters. The highest BCUT2D eigenvalue weighted by Crippen LogP contribution is 2.44. The Morgan fingerprint density at radius 2 is 1.86 bits per heavy atom. The molecule has 3 aromatic rings. The SMILES string of the molecule is CO[C@@H](C)[C@@H](NC(=O)CC1CC(F)(F)C1)c1cnn2cc([C@@H](NC(=O)c3nonc3C)C3CCC(F)(F)CC3)nc2c1. The van der Waals surface area contributed by atoms with E-state index in [1.165, 1.54) is 17.8 Å². The Balaban J connectivity index is 1.39. The Bertz CT molecular complexity index is 1430. The lowest BCUT2D eigenvalue weighted by Gasteiger charge is -2.35. The van der Waals surface area contributed by atoms with E-state index in [2.05, 4.69) is 35.7 Å². The molecule has 2 aliphatic rings. The van der Waals surface area contributed by atoms with Gasteiger partial charge in [-0.25, -0.2) is 31.7 Å². The molecule has 2 saturated carbocycles. The van der Waals surface area contributed by atoms with Gasteiger partial charge in [0.05, 0.1) is 36.3 Å². The first kappa shape index (κ1) is 29.9. The average Bonchev–Trinajstić information content (AvgIpc) is 3.54. The third-order valence-electron chi connectivity index (χ3n) is 8.23. The van der Waals surface area contributed by atoms with Gasteiger partial charge in [0, 0.05) is 44.8 Å². The first-order valence-corrected chi connectivity index (χ1v) is 13.9. The van der Waals surface area contributed by atoms with Crippen molar-refractivity contribution >= 4 is 17.5 Å². The molecule has 15 heteroatoms. The second-order valence-electron chi connectivity index (χ2n) is 11.4. The van der Waals surface area contributed by atoms with Crippen LogP contribution in [0.25, 0.3) is 5.65 Å². The zero-order chi connectivity index (χ0) is 30.2. The third kappa shape index (κ3) is 6.55. The summed E-state index contributed by atoms with van der Waals surface area (Å²) < 4.78 is 66.0. The van der Waals surface area contributed by atoms with Crippen molar-refractivity contribution < 1.29 is 36.5 Å². The number of ether oxygens (including phenoxy) is 1. The number of fused-ring (bicyclic) bond motifs is 1. The number of amides is 2. The molecule has 0 radical (unpaired) electrons. The number of hydrogen-bond donors (Lipinski definition) is 2. The summed E-state index contributed by atoms with van der Waals surface area (Å²) in [5, 5.41) is 17.5. The molecule has 0 aliphatic heterocycles. The van der Waals surface area contributed by atoms with Crippen LogP contribution in [-0.2, 0) is 9.53 Å². The van der Waals surface area contributed by atoms with E-state index in [0.29, 0.717) is 16.9 Å². The minimum Gasteiger partial charge on any atom is -0.379 e. The summed E-state index contributed by atoms with van der Waals surface area (Å²) >= 11 is 0. The van der Waals surface area contributed by atoms with Gasteiger partial charge in [-0.15, -0.1) is 0 Å². The lowest BCUT2D eigenvalue weighted by Crippen LogP contribution is -2.41. The number of aromatic nitrogens is 5. The molecule has 0 bridgehead atoms. The number of carbonyl (C=O) groups is 2. The van der Waals surface area contributed by atoms with Crippen LogP contribution in [0.1, 0.15) is 91.4 Å². The Kier molecular flexibility index (Phi) is 8.23. The molecule has 3 heterocycles. The number of rotatable bonds is 10. The lowest BCUT2D eigenvalue weighted by molar-refractivity contribution is -0.135. The highest BCUT2D eigenvalue weighted by molar-refractivity contribution is 5.93. The van der Waals surface area contributed by atoms with Crippen LogP contribution < -0.4 is 10.6 Å². The lowest BCUT2D eigenvalue weighted by atomic mass is 9.79. The Morgan fingerprint density at radius 1 is 1.14 bits per heavy atom. The van der Waals surface area contributed by atoms with Gasteiger partial charge in [0.15, 0.2) is 11.3 Å². The second kappa shape index (κ2) is 11.6. The Morgan fingerprint density at radius 3 is 2.48 bits per heavy atom. The number of methoxy groups -OCH3 is 1. The molecule has 42 heavy (non-hydrogen) atoms. The van der Waals surface area contributed by atoms with E-state index < -0.39 is 35.9 Å². The molecule has 5 rings (SSSR count). The van der Waals surface area contributed by atoms with Gasteiger partial charge >= 0.3 is 0 Å². The number of hydrogen-bond acceptors (Lipinski definition) is 8. The highest BCUT2D eigenvalue weighted by Gasteiger charge is 2.46. The van der Waals surface area contributed by atoms with E-state index in [0.717, 1.165) is 0 Å². The van der Waals surface area contributed by atoms with Crippen molar-refractivity contribution in [1.82, 2.24) is 35.5 Å². The number of nitrogens with zero attached hydrogens (tertiary/aromatic N) is 5. The monoisotopic (exact) mass is 595 g/mol. The Hall–Kier alpha value is -3.62. The maximum atomic E-state index is 14.0. The molecule has 0 aromatic carbocycles. The molecular formula is C27H33F4N7O4. The summed E-state index contributed by atoms with van der Waals surface area (Å²) in [5.74, 6) is -7.11. The van der Waals surface area contributed by atoms with Gasteiger partial charge in [-0.05, 0) is 49.7 Å². The minimum absolute atomic E-state index is 0.0110. The van der Waals surface area contributed by atoms with Gasteiger partial charge in [0.2, 0.25) is 17.8 Å². The summed E-state index contributed by atoms with van der Waals surface area (Å²) in [4.78, 5) is 30.4. The number of nitrogens with one attached hydrogen (secondary N) is 2. The summed E-state index contributed by atoms with van der Waals surface area (Å²) in [6, 6.07) is 0.344. The molecule has 228 valence electrons. The van der Waals surface area contributed by atoms with Gasteiger partial charge in [-0.2, -0.15) is 5.10 Å². The first-order chi connectivity index (χ1) is 19.8. The van der Waals surface area contributed by atoms with E-state index >= 15 is 0 Å². The van der Waals surface area contributed by atoms with E-state index in [9.17, 15) is 27.2 Å². The first-order valence-electron chi connectivity index (χ1n) is 13.9. The molecular weight excluding hydrogens is 562 g/mol. The van der Waals surface area contributed by atoms with Crippen LogP contribution in [0.5, 0.6) is 0 Å². The van der Waals surface area contributed by atoms with E-state index in [4.69, 9.17) is 4.74 Å². The van der Waals surface area contributed by atoms with Crippen LogP contribution in [0, 0.1) is 18.8 Å². The zero-order valence-electron chi connectivity index (χ0n) is 23.4. The zero-order valence-corrected chi connectivity index (χ0v) is 23.4. The topological polar surface area (TPSA) is 137 Å². The minimum atomic E-state index is -2.76. The van der Waals surface area contributed by atoms with Crippen molar-refractivity contribution in [3.05, 3.63) is 41.1 Å². The third-order valence-corrected chi connectivity index (χ3v) is 8.23. The summed E-state index contributed by atoms with van der Waals surface area (Å²) in [5.41, 5.74) is 1.66. The largest absolute Gasteiger partial charge is 0.379 e. The standard InChI is InChI=1S/C27H33F4N7O4/c1-14-22(37-42-36-14)25(40)35-24(17-4-6-26(28,29)7-5-17)19-13-38-20(33-19)9-18(12-32-38)23(15(2)41-3)34-21(39)8-16-10-27(30,31)11-16/h9,12-13,15-17,23-24H,4-8,10-11H2,1-3H3,(H,34,39)(H,35,40)/t15-,23+,24-/m0/s1. The highest BCUT2D eigenvalue weighted by atomic mass is 19.3. The molecule has 3 aromatic heterocycles. The molecule has 2 amide bonds. The van der Waals surface area contributed by atoms with E-state index in [1.807, 2.05) is 0 Å². The van der Waals surface area contributed by atoms with Crippen molar-refractivity contribution in [2.45, 2.75) is 88.8 Å². The van der Waals surface area contributed by atoms with Crippen LogP contribution in [0.2, 0.25) is 0 Å². The summed E-state index contributed by atoms with van der Waals surface area (Å²) in [7, 11) is 1.49. The van der Waals surface area contributed by atoms with Crippen LogP contribution >= 0.6 is 0 Å².